The molecule has 0 spiro atoms. The summed E-state index contributed by atoms with van der Waals surface area (Å²) in [6.07, 6.45) is 6.41. The predicted molar refractivity (Wildman–Crippen MR) is 83.7 cm³/mol. The molecule has 3 N–H and O–H groups in total. The average molecular weight is 274 g/mol. The quantitative estimate of drug-likeness (QED) is 0.825. The molecule has 1 aromatic carbocycles. The summed E-state index contributed by atoms with van der Waals surface area (Å²) < 4.78 is 0. The molecule has 20 heavy (non-hydrogen) atoms. The predicted octanol–water partition coefficient (Wildman–Crippen LogP) is 3.52. The number of hydrogen-bond acceptors (Lipinski definition) is 2. The van der Waals surface area contributed by atoms with Crippen LogP contribution in [0.5, 0.6) is 0 Å². The number of benzene rings is 1. The largest absolute Gasteiger partial charge is 0.398 e. The van der Waals surface area contributed by atoms with Gasteiger partial charge in [-0.05, 0) is 49.3 Å². The number of aryl methyl sites for hydroxylation is 1. The first-order valence-electron chi connectivity index (χ1n) is 7.74. The van der Waals surface area contributed by atoms with Crippen molar-refractivity contribution in [1.29, 1.82) is 0 Å². The van der Waals surface area contributed by atoms with Crippen LogP contribution in [0.4, 0.5) is 5.69 Å². The number of carbonyl (C=O) groups excluding carboxylic acids is 1. The molecule has 110 valence electrons. The zero-order chi connectivity index (χ0) is 14.5. The lowest BCUT2D eigenvalue weighted by Crippen LogP contribution is -2.31. The maximum Gasteiger partial charge on any atom is 0.251 e. The van der Waals surface area contributed by atoms with Crippen LogP contribution in [0.25, 0.3) is 0 Å². The zero-order valence-corrected chi connectivity index (χ0v) is 12.6. The number of nitrogen functional groups attached to an aromatic ring is 1. The molecule has 0 aromatic heterocycles. The summed E-state index contributed by atoms with van der Waals surface area (Å²) >= 11 is 0. The van der Waals surface area contributed by atoms with Gasteiger partial charge in [0.05, 0.1) is 0 Å². The lowest BCUT2D eigenvalue weighted by molar-refractivity contribution is 0.0941. The van der Waals surface area contributed by atoms with Crippen molar-refractivity contribution in [1.82, 2.24) is 5.32 Å². The Labute approximate surface area is 121 Å². The van der Waals surface area contributed by atoms with Crippen molar-refractivity contribution in [3.05, 3.63) is 29.3 Å². The number of carbonyl (C=O) groups is 1. The van der Waals surface area contributed by atoms with E-state index in [2.05, 4.69) is 12.2 Å². The molecule has 0 aliphatic heterocycles. The van der Waals surface area contributed by atoms with Crippen LogP contribution in [-0.2, 0) is 0 Å². The average Bonchev–Trinajstić information content (AvgIpc) is 2.48. The first-order valence-corrected chi connectivity index (χ1v) is 7.74. The first-order chi connectivity index (χ1) is 9.60. The minimum absolute atomic E-state index is 0.00526. The summed E-state index contributed by atoms with van der Waals surface area (Å²) in [5.74, 6) is 1.54. The molecule has 0 heterocycles. The van der Waals surface area contributed by atoms with Gasteiger partial charge in [0.2, 0.25) is 0 Å². The summed E-state index contributed by atoms with van der Waals surface area (Å²) in [4.78, 5) is 12.1. The molecule has 1 aliphatic carbocycles. The smallest absolute Gasteiger partial charge is 0.251 e. The van der Waals surface area contributed by atoms with Crippen LogP contribution in [0.1, 0.15) is 54.9 Å². The van der Waals surface area contributed by atoms with Gasteiger partial charge in [-0.2, -0.15) is 0 Å². The van der Waals surface area contributed by atoms with Gasteiger partial charge in [0.25, 0.3) is 5.91 Å². The summed E-state index contributed by atoms with van der Waals surface area (Å²) in [6.45, 7) is 5.01. The van der Waals surface area contributed by atoms with Crippen LogP contribution in [0.2, 0.25) is 0 Å². The van der Waals surface area contributed by atoms with E-state index in [9.17, 15) is 4.79 Å². The van der Waals surface area contributed by atoms with Gasteiger partial charge < -0.3 is 11.1 Å². The van der Waals surface area contributed by atoms with Crippen LogP contribution in [-0.4, -0.2) is 12.5 Å². The van der Waals surface area contributed by atoms with Crippen molar-refractivity contribution in [2.24, 2.45) is 11.8 Å². The van der Waals surface area contributed by atoms with E-state index in [0.717, 1.165) is 18.0 Å². The number of amides is 1. The van der Waals surface area contributed by atoms with E-state index < -0.39 is 0 Å². The van der Waals surface area contributed by atoms with Crippen molar-refractivity contribution in [3.63, 3.8) is 0 Å². The number of anilines is 1. The Morgan fingerprint density at radius 1 is 1.25 bits per heavy atom. The van der Waals surface area contributed by atoms with Crippen LogP contribution < -0.4 is 11.1 Å². The van der Waals surface area contributed by atoms with Gasteiger partial charge in [0.1, 0.15) is 0 Å². The lowest BCUT2D eigenvalue weighted by atomic mass is 9.81. The van der Waals surface area contributed by atoms with E-state index in [1.54, 1.807) is 6.07 Å². The molecule has 0 bridgehead atoms. The summed E-state index contributed by atoms with van der Waals surface area (Å²) in [6, 6.07) is 5.50. The van der Waals surface area contributed by atoms with Crippen molar-refractivity contribution >= 4 is 11.6 Å². The van der Waals surface area contributed by atoms with Gasteiger partial charge in [-0.3, -0.25) is 4.79 Å². The fraction of sp³-hybridized carbons (Fsp3) is 0.588. The summed E-state index contributed by atoms with van der Waals surface area (Å²) in [7, 11) is 0. The number of hydrogen-bond donors (Lipinski definition) is 2. The minimum atomic E-state index is -0.00526. The maximum absolute atomic E-state index is 12.1. The maximum atomic E-state index is 12.1. The molecular weight excluding hydrogens is 248 g/mol. The highest BCUT2D eigenvalue weighted by Crippen LogP contribution is 2.30. The SMILES string of the molecule is CCC1CCC(CNC(=O)c2ccc(C)c(N)c2)CC1. The van der Waals surface area contributed by atoms with E-state index in [0.29, 0.717) is 17.2 Å². The van der Waals surface area contributed by atoms with Crippen molar-refractivity contribution < 1.29 is 4.79 Å². The molecule has 2 rings (SSSR count). The van der Waals surface area contributed by atoms with Crippen LogP contribution in [0.3, 0.4) is 0 Å². The van der Waals surface area contributed by atoms with Crippen molar-refractivity contribution in [2.75, 3.05) is 12.3 Å². The fourth-order valence-corrected chi connectivity index (χ4v) is 2.96. The zero-order valence-electron chi connectivity index (χ0n) is 12.6. The Kier molecular flexibility index (Phi) is 5.05. The van der Waals surface area contributed by atoms with Gasteiger partial charge in [0, 0.05) is 17.8 Å². The Morgan fingerprint density at radius 3 is 2.50 bits per heavy atom. The highest BCUT2D eigenvalue weighted by Gasteiger charge is 2.20. The Hall–Kier alpha value is -1.51. The normalized spacial score (nSPS) is 22.5. The van der Waals surface area contributed by atoms with Crippen molar-refractivity contribution in [3.8, 4) is 0 Å². The van der Waals surface area contributed by atoms with E-state index >= 15 is 0 Å². The summed E-state index contributed by atoms with van der Waals surface area (Å²) in [5, 5.41) is 3.05. The van der Waals surface area contributed by atoms with Gasteiger partial charge in [-0.15, -0.1) is 0 Å². The van der Waals surface area contributed by atoms with Crippen LogP contribution >= 0.6 is 0 Å². The molecule has 1 saturated carbocycles. The molecule has 0 unspecified atom stereocenters. The topological polar surface area (TPSA) is 55.1 Å². The molecule has 0 radical (unpaired) electrons. The minimum Gasteiger partial charge on any atom is -0.398 e. The van der Waals surface area contributed by atoms with E-state index in [4.69, 9.17) is 5.73 Å². The first kappa shape index (κ1) is 14.9. The third-order valence-corrected chi connectivity index (χ3v) is 4.64. The summed E-state index contributed by atoms with van der Waals surface area (Å²) in [5.41, 5.74) is 8.21. The number of rotatable bonds is 4. The second-order valence-electron chi connectivity index (χ2n) is 6.08. The standard InChI is InChI=1S/C17H26N2O/c1-3-13-5-7-14(8-6-13)11-19-17(20)15-9-4-12(2)16(18)10-15/h4,9-10,13-14H,3,5-8,11,18H2,1-2H3,(H,19,20). The molecule has 1 aliphatic rings. The second-order valence-corrected chi connectivity index (χ2v) is 6.08. The third kappa shape index (κ3) is 3.75. The molecule has 1 fully saturated rings. The van der Waals surface area contributed by atoms with Gasteiger partial charge in [0.15, 0.2) is 0 Å². The van der Waals surface area contributed by atoms with Crippen LogP contribution in [0.15, 0.2) is 18.2 Å². The Balaban J connectivity index is 1.82. The number of nitrogens with one attached hydrogen (secondary N) is 1. The molecule has 3 nitrogen and oxygen atoms in total. The van der Waals surface area contributed by atoms with Gasteiger partial charge >= 0.3 is 0 Å². The highest BCUT2D eigenvalue weighted by molar-refractivity contribution is 5.95. The van der Waals surface area contributed by atoms with E-state index in [1.165, 1.54) is 32.1 Å². The van der Waals surface area contributed by atoms with Gasteiger partial charge in [-0.25, -0.2) is 0 Å². The molecule has 3 heteroatoms. The van der Waals surface area contributed by atoms with Gasteiger partial charge in [-0.1, -0.05) is 32.3 Å². The fourth-order valence-electron chi connectivity index (χ4n) is 2.96. The Bertz CT molecular complexity index is 462. The lowest BCUT2D eigenvalue weighted by Gasteiger charge is -2.27. The van der Waals surface area contributed by atoms with E-state index in [-0.39, 0.29) is 5.91 Å². The number of nitrogens with two attached hydrogens (primary N) is 1. The molecule has 0 saturated heterocycles. The molecule has 0 atom stereocenters. The molecular formula is C17H26N2O. The second kappa shape index (κ2) is 6.78. The molecule has 1 aromatic rings. The Morgan fingerprint density at radius 2 is 1.90 bits per heavy atom. The van der Waals surface area contributed by atoms with Crippen molar-refractivity contribution in [2.45, 2.75) is 46.0 Å². The monoisotopic (exact) mass is 274 g/mol. The highest BCUT2D eigenvalue weighted by atomic mass is 16.1. The third-order valence-electron chi connectivity index (χ3n) is 4.64. The van der Waals surface area contributed by atoms with E-state index in [1.807, 2.05) is 19.1 Å². The molecule has 1 amide bonds. The van der Waals surface area contributed by atoms with Crippen LogP contribution in [0, 0.1) is 18.8 Å².